The van der Waals surface area contributed by atoms with Crippen LogP contribution in [0.15, 0.2) is 48.7 Å². The van der Waals surface area contributed by atoms with Gasteiger partial charge in [0, 0.05) is 11.1 Å². The third kappa shape index (κ3) is 3.21. The number of aryl methyl sites for hydroxylation is 3. The van der Waals surface area contributed by atoms with Crippen LogP contribution < -0.4 is 0 Å². The smallest absolute Gasteiger partial charge is 0.184 e. The molecule has 0 aliphatic heterocycles. The summed E-state index contributed by atoms with van der Waals surface area (Å²) in [6.45, 7) is 6.44. The quantitative estimate of drug-likeness (QED) is 0.690. The Bertz CT molecular complexity index is 850. The average Bonchev–Trinajstić information content (AvgIpc) is 3.00. The molecule has 0 aliphatic rings. The Morgan fingerprint density at radius 2 is 1.70 bits per heavy atom. The van der Waals surface area contributed by atoms with E-state index in [1.54, 1.807) is 4.68 Å². The number of aromatic nitrogens is 3. The molecule has 0 N–H and O–H groups in total. The fourth-order valence-corrected chi connectivity index (χ4v) is 2.60. The van der Waals surface area contributed by atoms with Crippen molar-refractivity contribution in [3.63, 3.8) is 0 Å². The normalized spacial score (nSPS) is 10.7. The Hall–Kier alpha value is -2.75. The van der Waals surface area contributed by atoms with Crippen LogP contribution in [0.25, 0.3) is 11.3 Å². The highest BCUT2D eigenvalue weighted by molar-refractivity contribution is 5.95. The minimum atomic E-state index is 0.0267. The minimum absolute atomic E-state index is 0.0267. The summed E-state index contributed by atoms with van der Waals surface area (Å²) in [5.74, 6) is 0.0267. The van der Waals surface area contributed by atoms with Gasteiger partial charge in [0.25, 0.3) is 0 Å². The van der Waals surface area contributed by atoms with Gasteiger partial charge < -0.3 is 0 Å². The van der Waals surface area contributed by atoms with E-state index in [-0.39, 0.29) is 12.3 Å². The van der Waals surface area contributed by atoms with Crippen LogP contribution in [0, 0.1) is 20.8 Å². The van der Waals surface area contributed by atoms with Gasteiger partial charge in [-0.25, -0.2) is 4.68 Å². The van der Waals surface area contributed by atoms with Crippen molar-refractivity contribution in [2.45, 2.75) is 27.3 Å². The first kappa shape index (κ1) is 15.2. The predicted octanol–water partition coefficient (Wildman–Crippen LogP) is 3.75. The third-order valence-electron chi connectivity index (χ3n) is 4.06. The zero-order valence-corrected chi connectivity index (χ0v) is 13.6. The van der Waals surface area contributed by atoms with Crippen molar-refractivity contribution in [3.8, 4) is 11.3 Å². The molecule has 0 fully saturated rings. The molecule has 0 aliphatic carbocycles. The fraction of sp³-hybridized carbons (Fsp3) is 0.211. The molecular formula is C19H19N3O. The largest absolute Gasteiger partial charge is 0.292 e. The summed E-state index contributed by atoms with van der Waals surface area (Å²) in [5, 5.41) is 8.32. The minimum Gasteiger partial charge on any atom is -0.292 e. The van der Waals surface area contributed by atoms with Crippen LogP contribution in [-0.4, -0.2) is 20.8 Å². The van der Waals surface area contributed by atoms with Gasteiger partial charge in [-0.3, -0.25) is 4.79 Å². The summed E-state index contributed by atoms with van der Waals surface area (Å²) in [5.41, 5.74) is 6.19. The molecule has 23 heavy (non-hydrogen) atoms. The second-order valence-electron chi connectivity index (χ2n) is 5.84. The van der Waals surface area contributed by atoms with E-state index in [9.17, 15) is 4.79 Å². The van der Waals surface area contributed by atoms with Crippen molar-refractivity contribution in [1.82, 2.24) is 15.0 Å². The summed E-state index contributed by atoms with van der Waals surface area (Å²) in [6, 6.07) is 13.5. The van der Waals surface area contributed by atoms with E-state index in [1.807, 2.05) is 36.5 Å². The van der Waals surface area contributed by atoms with Crippen LogP contribution >= 0.6 is 0 Å². The standard InChI is InChI=1S/C19H19N3O/c1-13-9-15(3)17(10-14(13)2)18-11-22(21-20-18)12-19(23)16-7-5-4-6-8-16/h4-11H,12H2,1-3H3. The first-order chi connectivity index (χ1) is 11.0. The highest BCUT2D eigenvalue weighted by atomic mass is 16.1. The number of nitrogens with zero attached hydrogens (tertiary/aromatic N) is 3. The Morgan fingerprint density at radius 3 is 2.43 bits per heavy atom. The van der Waals surface area contributed by atoms with Crippen molar-refractivity contribution >= 4 is 5.78 Å². The maximum Gasteiger partial charge on any atom is 0.184 e. The van der Waals surface area contributed by atoms with Crippen LogP contribution in [0.2, 0.25) is 0 Å². The zero-order chi connectivity index (χ0) is 16.4. The molecule has 0 amide bonds. The SMILES string of the molecule is Cc1cc(C)c(-c2cn(CC(=O)c3ccccc3)nn2)cc1C. The maximum absolute atomic E-state index is 12.2. The number of carbonyl (C=O) groups is 1. The van der Waals surface area contributed by atoms with Gasteiger partial charge in [-0.2, -0.15) is 0 Å². The lowest BCUT2D eigenvalue weighted by molar-refractivity contribution is 0.0967. The second-order valence-corrected chi connectivity index (χ2v) is 5.84. The molecule has 0 bridgehead atoms. The van der Waals surface area contributed by atoms with Crippen molar-refractivity contribution < 1.29 is 4.79 Å². The number of ketones is 1. The van der Waals surface area contributed by atoms with Gasteiger partial charge in [-0.15, -0.1) is 5.10 Å². The first-order valence-corrected chi connectivity index (χ1v) is 7.61. The summed E-state index contributed by atoms with van der Waals surface area (Å²) < 4.78 is 1.60. The maximum atomic E-state index is 12.2. The van der Waals surface area contributed by atoms with Crippen LogP contribution in [0.5, 0.6) is 0 Å². The molecular weight excluding hydrogens is 286 g/mol. The van der Waals surface area contributed by atoms with Crippen LogP contribution in [-0.2, 0) is 6.54 Å². The zero-order valence-electron chi connectivity index (χ0n) is 13.6. The fourth-order valence-electron chi connectivity index (χ4n) is 2.60. The third-order valence-corrected chi connectivity index (χ3v) is 4.06. The van der Waals surface area contributed by atoms with E-state index in [2.05, 4.69) is 43.2 Å². The van der Waals surface area contributed by atoms with E-state index in [4.69, 9.17) is 0 Å². The number of hydrogen-bond acceptors (Lipinski definition) is 3. The molecule has 0 saturated heterocycles. The summed E-state index contributed by atoms with van der Waals surface area (Å²) in [6.07, 6.45) is 1.83. The molecule has 3 aromatic rings. The molecule has 0 radical (unpaired) electrons. The highest BCUT2D eigenvalue weighted by Gasteiger charge is 2.11. The number of hydrogen-bond donors (Lipinski definition) is 0. The number of carbonyl (C=O) groups excluding carboxylic acids is 1. The van der Waals surface area contributed by atoms with Gasteiger partial charge in [0.2, 0.25) is 0 Å². The van der Waals surface area contributed by atoms with Gasteiger partial charge in [0.05, 0.1) is 6.20 Å². The van der Waals surface area contributed by atoms with E-state index in [0.717, 1.165) is 16.8 Å². The van der Waals surface area contributed by atoms with Gasteiger partial charge in [-0.1, -0.05) is 41.6 Å². The highest BCUT2D eigenvalue weighted by Crippen LogP contribution is 2.24. The first-order valence-electron chi connectivity index (χ1n) is 7.61. The lowest BCUT2D eigenvalue weighted by Crippen LogP contribution is -2.10. The molecule has 0 unspecified atom stereocenters. The molecule has 0 spiro atoms. The Balaban J connectivity index is 1.84. The molecule has 4 nitrogen and oxygen atoms in total. The summed E-state index contributed by atoms with van der Waals surface area (Å²) >= 11 is 0. The number of benzene rings is 2. The van der Waals surface area contributed by atoms with E-state index >= 15 is 0 Å². The van der Waals surface area contributed by atoms with Crippen LogP contribution in [0.4, 0.5) is 0 Å². The van der Waals surface area contributed by atoms with Crippen LogP contribution in [0.3, 0.4) is 0 Å². The predicted molar refractivity (Wildman–Crippen MR) is 90.4 cm³/mol. The molecule has 3 rings (SSSR count). The molecule has 0 saturated carbocycles. The molecule has 1 heterocycles. The van der Waals surface area contributed by atoms with E-state index in [1.165, 1.54) is 11.1 Å². The van der Waals surface area contributed by atoms with Crippen molar-refractivity contribution in [2.24, 2.45) is 0 Å². The van der Waals surface area contributed by atoms with Crippen molar-refractivity contribution in [2.75, 3.05) is 0 Å². The van der Waals surface area contributed by atoms with Crippen molar-refractivity contribution in [1.29, 1.82) is 0 Å². The van der Waals surface area contributed by atoms with Gasteiger partial charge in [0.15, 0.2) is 5.78 Å². The molecule has 1 aromatic heterocycles. The van der Waals surface area contributed by atoms with E-state index < -0.39 is 0 Å². The molecule has 4 heteroatoms. The Kier molecular flexibility index (Phi) is 4.06. The second kappa shape index (κ2) is 6.16. The molecule has 2 aromatic carbocycles. The summed E-state index contributed by atoms with van der Waals surface area (Å²) in [4.78, 5) is 12.2. The number of Topliss-reactive ketones (excluding diaryl/α,β-unsaturated/α-hetero) is 1. The monoisotopic (exact) mass is 305 g/mol. The van der Waals surface area contributed by atoms with Gasteiger partial charge >= 0.3 is 0 Å². The average molecular weight is 305 g/mol. The molecule has 116 valence electrons. The lowest BCUT2D eigenvalue weighted by atomic mass is 9.99. The Morgan fingerprint density at radius 1 is 1.00 bits per heavy atom. The topological polar surface area (TPSA) is 47.8 Å². The summed E-state index contributed by atoms with van der Waals surface area (Å²) in [7, 11) is 0. The number of rotatable bonds is 4. The van der Waals surface area contributed by atoms with Crippen LogP contribution in [0.1, 0.15) is 27.0 Å². The molecule has 0 atom stereocenters. The van der Waals surface area contributed by atoms with Gasteiger partial charge in [-0.05, 0) is 43.5 Å². The lowest BCUT2D eigenvalue weighted by Gasteiger charge is -2.06. The van der Waals surface area contributed by atoms with E-state index in [0.29, 0.717) is 5.56 Å². The van der Waals surface area contributed by atoms with Crippen molar-refractivity contribution in [3.05, 3.63) is 70.9 Å². The Labute approximate surface area is 135 Å². The van der Waals surface area contributed by atoms with Gasteiger partial charge in [0.1, 0.15) is 12.2 Å².